The van der Waals surface area contributed by atoms with Crippen molar-refractivity contribution in [1.82, 2.24) is 14.7 Å². The number of hydrogen-bond donors (Lipinski definition) is 1. The van der Waals surface area contributed by atoms with Crippen LogP contribution in [0.3, 0.4) is 0 Å². The molecule has 1 saturated carbocycles. The van der Waals surface area contributed by atoms with Gasteiger partial charge in [-0.2, -0.15) is 0 Å². The van der Waals surface area contributed by atoms with E-state index in [1.165, 1.54) is 18.4 Å². The van der Waals surface area contributed by atoms with E-state index >= 15 is 0 Å². The van der Waals surface area contributed by atoms with Crippen molar-refractivity contribution in [3.8, 4) is 11.3 Å². The quantitative estimate of drug-likeness (QED) is 0.439. The Labute approximate surface area is 181 Å². The average molecular weight is 418 g/mol. The van der Waals surface area contributed by atoms with Crippen LogP contribution in [0.5, 0.6) is 0 Å². The maximum atomic E-state index is 12.9. The zero-order chi connectivity index (χ0) is 20.8. The largest absolute Gasteiger partial charge is 0.349 e. The predicted molar refractivity (Wildman–Crippen MR) is 124 cm³/mol. The molecule has 0 bridgehead atoms. The Kier molecular flexibility index (Phi) is 4.86. The van der Waals surface area contributed by atoms with E-state index in [0.717, 1.165) is 38.4 Å². The molecule has 154 valence electrons. The third kappa shape index (κ3) is 3.41. The summed E-state index contributed by atoms with van der Waals surface area (Å²) >= 11 is 1.63. The van der Waals surface area contributed by atoms with Crippen molar-refractivity contribution in [1.29, 1.82) is 0 Å². The number of carbonyl (C=O) groups is 1. The van der Waals surface area contributed by atoms with Crippen molar-refractivity contribution in [2.24, 2.45) is 11.8 Å². The van der Waals surface area contributed by atoms with Gasteiger partial charge in [-0.25, -0.2) is 4.98 Å². The number of benzene rings is 2. The van der Waals surface area contributed by atoms with E-state index < -0.39 is 0 Å². The molecule has 2 heterocycles. The van der Waals surface area contributed by atoms with E-state index in [-0.39, 0.29) is 11.9 Å². The highest BCUT2D eigenvalue weighted by atomic mass is 32.1. The number of aromatic nitrogens is 2. The molecule has 0 aliphatic heterocycles. The number of fused-ring (bicyclic) bond motifs is 3. The fraction of sp³-hybridized carbons (Fsp3) is 0.360. The highest BCUT2D eigenvalue weighted by Crippen LogP contribution is 2.32. The van der Waals surface area contributed by atoms with Gasteiger partial charge in [-0.15, -0.1) is 0 Å². The summed E-state index contributed by atoms with van der Waals surface area (Å²) in [6.45, 7) is 6.64. The summed E-state index contributed by atoms with van der Waals surface area (Å²) < 4.78 is 3.22. The molecule has 0 spiro atoms. The molecule has 3 atom stereocenters. The summed E-state index contributed by atoms with van der Waals surface area (Å²) in [5, 5.41) is 3.29. The van der Waals surface area contributed by atoms with Crippen molar-refractivity contribution in [2.75, 3.05) is 0 Å². The van der Waals surface area contributed by atoms with E-state index in [9.17, 15) is 4.79 Å². The van der Waals surface area contributed by atoms with E-state index in [1.807, 2.05) is 18.2 Å². The van der Waals surface area contributed by atoms with Gasteiger partial charge in [0.2, 0.25) is 0 Å². The topological polar surface area (TPSA) is 46.4 Å². The number of carbonyl (C=O) groups excluding carboxylic acids is 1. The first kappa shape index (κ1) is 19.3. The van der Waals surface area contributed by atoms with Crippen LogP contribution >= 0.6 is 11.3 Å². The van der Waals surface area contributed by atoms with Gasteiger partial charge in [0.1, 0.15) is 0 Å². The molecule has 0 unspecified atom stereocenters. The van der Waals surface area contributed by atoms with Crippen LogP contribution < -0.4 is 5.32 Å². The maximum absolute atomic E-state index is 12.9. The van der Waals surface area contributed by atoms with Gasteiger partial charge in [0.05, 0.1) is 15.9 Å². The number of amides is 1. The fourth-order valence-electron chi connectivity index (χ4n) is 4.54. The summed E-state index contributed by atoms with van der Waals surface area (Å²) in [5.74, 6) is 1.23. The lowest BCUT2D eigenvalue weighted by Crippen LogP contribution is -2.43. The third-order valence-corrected chi connectivity index (χ3v) is 7.74. The minimum Gasteiger partial charge on any atom is -0.349 e. The number of rotatable bonds is 3. The molecule has 4 nitrogen and oxygen atoms in total. The first-order valence-corrected chi connectivity index (χ1v) is 11.6. The third-order valence-electron chi connectivity index (χ3n) is 6.73. The second-order valence-electron chi connectivity index (χ2n) is 8.78. The van der Waals surface area contributed by atoms with Crippen LogP contribution in [0.25, 0.3) is 26.4 Å². The molecule has 1 aliphatic carbocycles. The Bertz CT molecular complexity index is 1220. The Balaban J connectivity index is 1.42. The summed E-state index contributed by atoms with van der Waals surface area (Å²) in [5.41, 5.74) is 5.17. The van der Waals surface area contributed by atoms with Crippen LogP contribution in [0.2, 0.25) is 0 Å². The highest BCUT2D eigenvalue weighted by molar-refractivity contribution is 7.23. The molecule has 1 aliphatic rings. The van der Waals surface area contributed by atoms with Crippen LogP contribution in [-0.4, -0.2) is 21.3 Å². The van der Waals surface area contributed by atoms with E-state index in [1.54, 1.807) is 11.3 Å². The number of imidazole rings is 1. The lowest BCUT2D eigenvalue weighted by Gasteiger charge is -2.34. The van der Waals surface area contributed by atoms with Gasteiger partial charge in [-0.05, 0) is 43.4 Å². The van der Waals surface area contributed by atoms with Crippen molar-refractivity contribution in [3.63, 3.8) is 0 Å². The number of aryl methyl sites for hydroxylation is 1. The van der Waals surface area contributed by atoms with Gasteiger partial charge in [0, 0.05) is 23.4 Å². The van der Waals surface area contributed by atoms with E-state index in [0.29, 0.717) is 11.8 Å². The molecule has 0 saturated heterocycles. The van der Waals surface area contributed by atoms with Gasteiger partial charge in [0.15, 0.2) is 4.96 Å². The van der Waals surface area contributed by atoms with Crippen LogP contribution in [-0.2, 0) is 0 Å². The van der Waals surface area contributed by atoms with Crippen molar-refractivity contribution < 1.29 is 4.79 Å². The Morgan fingerprint density at radius 2 is 1.93 bits per heavy atom. The normalized spacial score (nSPS) is 21.9. The summed E-state index contributed by atoms with van der Waals surface area (Å²) in [6.07, 6.45) is 5.62. The van der Waals surface area contributed by atoms with E-state index in [4.69, 9.17) is 4.98 Å². The molecule has 2 aromatic carbocycles. The summed E-state index contributed by atoms with van der Waals surface area (Å²) in [7, 11) is 0. The highest BCUT2D eigenvalue weighted by Gasteiger charge is 2.28. The van der Waals surface area contributed by atoms with Gasteiger partial charge in [0.25, 0.3) is 5.91 Å². The zero-order valence-corrected chi connectivity index (χ0v) is 18.5. The monoisotopic (exact) mass is 417 g/mol. The Hall–Kier alpha value is -2.66. The van der Waals surface area contributed by atoms with Crippen LogP contribution in [0, 0.1) is 18.8 Å². The smallest absolute Gasteiger partial charge is 0.251 e. The Morgan fingerprint density at radius 1 is 1.13 bits per heavy atom. The molecule has 5 rings (SSSR count). The molecule has 1 N–H and O–H groups in total. The fourth-order valence-corrected chi connectivity index (χ4v) is 5.59. The van der Waals surface area contributed by atoms with Crippen LogP contribution in [0.4, 0.5) is 0 Å². The van der Waals surface area contributed by atoms with E-state index in [2.05, 4.69) is 61.0 Å². The van der Waals surface area contributed by atoms with Crippen molar-refractivity contribution in [3.05, 3.63) is 59.8 Å². The van der Waals surface area contributed by atoms with Crippen molar-refractivity contribution in [2.45, 2.75) is 46.1 Å². The molecular weight excluding hydrogens is 390 g/mol. The van der Waals surface area contributed by atoms with Crippen LogP contribution in [0.15, 0.2) is 48.7 Å². The lowest BCUT2D eigenvalue weighted by atomic mass is 9.78. The molecule has 2 aromatic heterocycles. The first-order chi connectivity index (χ1) is 14.5. The van der Waals surface area contributed by atoms with Crippen LogP contribution in [0.1, 0.15) is 49.0 Å². The summed E-state index contributed by atoms with van der Waals surface area (Å²) in [6, 6.07) is 14.7. The van der Waals surface area contributed by atoms with Crippen molar-refractivity contribution >= 4 is 32.4 Å². The Morgan fingerprint density at radius 3 is 2.73 bits per heavy atom. The second kappa shape index (κ2) is 7.55. The number of thiazole rings is 1. The predicted octanol–water partition coefficient (Wildman–Crippen LogP) is 6.08. The molecule has 5 heteroatoms. The minimum absolute atomic E-state index is 0.0363. The van der Waals surface area contributed by atoms with Gasteiger partial charge in [-0.3, -0.25) is 9.20 Å². The minimum atomic E-state index is 0.0363. The summed E-state index contributed by atoms with van der Waals surface area (Å²) in [4.78, 5) is 18.7. The first-order valence-electron chi connectivity index (χ1n) is 10.8. The second-order valence-corrected chi connectivity index (χ2v) is 9.79. The molecule has 0 radical (unpaired) electrons. The molecule has 1 fully saturated rings. The maximum Gasteiger partial charge on any atom is 0.251 e. The van der Waals surface area contributed by atoms with Gasteiger partial charge in [-0.1, -0.05) is 67.9 Å². The molecule has 30 heavy (non-hydrogen) atoms. The zero-order valence-electron chi connectivity index (χ0n) is 17.7. The SMILES string of the molecule is Cc1ccc(-c2cn3c(n2)sc2cc(C(=O)N[C@@H]4CCC[C@H](C)[C@H]4C)ccc23)cc1. The molecule has 1 amide bonds. The van der Waals surface area contributed by atoms with Gasteiger partial charge < -0.3 is 5.32 Å². The number of nitrogens with zero attached hydrogens (tertiary/aromatic N) is 2. The van der Waals surface area contributed by atoms with Gasteiger partial charge >= 0.3 is 0 Å². The number of hydrogen-bond acceptors (Lipinski definition) is 3. The molecule has 4 aromatic rings. The molecular formula is C25H27N3OS. The standard InChI is InChI=1S/C25H27N3OS/c1-15-7-9-18(10-8-15)21-14-28-22-12-11-19(13-23(22)30-25(28)27-21)24(29)26-20-6-4-5-16(2)17(20)3/h7-14,16-17,20H,4-6H2,1-3H3,(H,26,29)/t16-,17+,20+/m0/s1. The number of nitrogens with one attached hydrogen (secondary N) is 1. The lowest BCUT2D eigenvalue weighted by molar-refractivity contribution is 0.0891. The average Bonchev–Trinajstić information content (AvgIpc) is 3.29.